The number of fused-ring (bicyclic) bond motifs is 1. The van der Waals surface area contributed by atoms with Gasteiger partial charge in [0.1, 0.15) is 5.82 Å². The van der Waals surface area contributed by atoms with Crippen molar-refractivity contribution < 1.29 is 9.18 Å². The Bertz CT molecular complexity index is 1200. The van der Waals surface area contributed by atoms with Crippen LogP contribution in [0.1, 0.15) is 5.56 Å². The fourth-order valence-corrected chi connectivity index (χ4v) is 2.97. The zero-order valence-corrected chi connectivity index (χ0v) is 14.8. The lowest BCUT2D eigenvalue weighted by atomic mass is 10.1. The minimum Gasteiger partial charge on any atom is -0.273 e. The van der Waals surface area contributed by atoms with Crippen molar-refractivity contribution in [2.45, 2.75) is 6.42 Å². The number of rotatable bonds is 4. The van der Waals surface area contributed by atoms with Gasteiger partial charge in [-0.3, -0.25) is 15.0 Å². The van der Waals surface area contributed by atoms with Gasteiger partial charge in [0.2, 0.25) is 5.91 Å². The molecular formula is C22H16FN3O2. The zero-order valence-electron chi connectivity index (χ0n) is 14.8. The Kier molecular flexibility index (Phi) is 4.68. The molecule has 0 fully saturated rings. The van der Waals surface area contributed by atoms with Gasteiger partial charge in [0.05, 0.1) is 17.3 Å². The molecule has 1 amide bonds. The Morgan fingerprint density at radius 2 is 1.61 bits per heavy atom. The van der Waals surface area contributed by atoms with Crippen LogP contribution in [0.15, 0.2) is 83.7 Å². The first-order chi connectivity index (χ1) is 13.6. The number of hydrogen-bond donors (Lipinski definition) is 1. The third-order valence-corrected chi connectivity index (χ3v) is 4.32. The van der Waals surface area contributed by atoms with Gasteiger partial charge >= 0.3 is 0 Å². The van der Waals surface area contributed by atoms with Gasteiger partial charge in [0.15, 0.2) is 5.82 Å². The van der Waals surface area contributed by atoms with Crippen LogP contribution in [0.25, 0.3) is 22.3 Å². The van der Waals surface area contributed by atoms with Gasteiger partial charge in [-0.1, -0.05) is 42.5 Å². The fourth-order valence-electron chi connectivity index (χ4n) is 2.97. The minimum absolute atomic E-state index is 0.114. The summed E-state index contributed by atoms with van der Waals surface area (Å²) in [4.78, 5) is 30.1. The Labute approximate surface area is 160 Å². The number of nitrogens with zero attached hydrogens (tertiary/aromatic N) is 2. The Morgan fingerprint density at radius 3 is 2.36 bits per heavy atom. The van der Waals surface area contributed by atoms with Crippen molar-refractivity contribution in [3.05, 3.63) is 101 Å². The highest BCUT2D eigenvalue weighted by molar-refractivity contribution is 5.87. The van der Waals surface area contributed by atoms with E-state index in [2.05, 4.69) is 10.4 Å². The van der Waals surface area contributed by atoms with Crippen molar-refractivity contribution in [2.75, 3.05) is 5.43 Å². The average Bonchev–Trinajstić information content (AvgIpc) is 2.71. The Morgan fingerprint density at radius 1 is 0.929 bits per heavy atom. The van der Waals surface area contributed by atoms with Crippen molar-refractivity contribution in [3.63, 3.8) is 0 Å². The number of nitrogens with one attached hydrogen (secondary N) is 1. The van der Waals surface area contributed by atoms with Crippen LogP contribution in [-0.2, 0) is 11.2 Å². The number of halogens is 1. The number of carbonyl (C=O) groups is 1. The SMILES string of the molecule is O=C(Cc1ccccc1)Nn1c(-c2ccc(F)cc2)nc2ccccc2c1=O. The lowest BCUT2D eigenvalue weighted by molar-refractivity contribution is -0.116. The molecule has 28 heavy (non-hydrogen) atoms. The maximum absolute atomic E-state index is 13.3. The molecule has 6 heteroatoms. The molecule has 1 N–H and O–H groups in total. The van der Waals surface area contributed by atoms with Crippen LogP contribution in [-0.4, -0.2) is 15.6 Å². The molecule has 138 valence electrons. The highest BCUT2D eigenvalue weighted by atomic mass is 19.1. The lowest BCUT2D eigenvalue weighted by Crippen LogP contribution is -2.35. The van der Waals surface area contributed by atoms with Gasteiger partial charge in [-0.05, 0) is 42.0 Å². The summed E-state index contributed by atoms with van der Waals surface area (Å²) in [6.07, 6.45) is 0.114. The predicted octanol–water partition coefficient (Wildman–Crippen LogP) is 3.52. The van der Waals surface area contributed by atoms with Crippen LogP contribution >= 0.6 is 0 Å². The molecular weight excluding hydrogens is 357 g/mol. The molecule has 0 saturated heterocycles. The van der Waals surface area contributed by atoms with E-state index < -0.39 is 11.4 Å². The lowest BCUT2D eigenvalue weighted by Gasteiger charge is -2.14. The average molecular weight is 373 g/mol. The van der Waals surface area contributed by atoms with Crippen LogP contribution < -0.4 is 11.0 Å². The summed E-state index contributed by atoms with van der Waals surface area (Å²) >= 11 is 0. The number of benzene rings is 3. The number of aromatic nitrogens is 2. The molecule has 0 saturated carbocycles. The van der Waals surface area contributed by atoms with E-state index in [0.29, 0.717) is 16.5 Å². The normalized spacial score (nSPS) is 10.8. The van der Waals surface area contributed by atoms with E-state index in [1.165, 1.54) is 24.3 Å². The molecule has 0 aliphatic rings. The summed E-state index contributed by atoms with van der Waals surface area (Å²) < 4.78 is 14.5. The number of amides is 1. The molecule has 1 aromatic heterocycles. The topological polar surface area (TPSA) is 64.0 Å². The molecule has 1 heterocycles. The molecule has 0 unspecified atom stereocenters. The van der Waals surface area contributed by atoms with Crippen molar-refractivity contribution >= 4 is 16.8 Å². The van der Waals surface area contributed by atoms with Gasteiger partial charge < -0.3 is 0 Å². The second-order valence-electron chi connectivity index (χ2n) is 6.30. The van der Waals surface area contributed by atoms with E-state index >= 15 is 0 Å². The molecule has 0 radical (unpaired) electrons. The second kappa shape index (κ2) is 7.44. The molecule has 4 aromatic rings. The maximum Gasteiger partial charge on any atom is 0.280 e. The quantitative estimate of drug-likeness (QED) is 0.595. The third kappa shape index (κ3) is 3.53. The minimum atomic E-state index is -0.397. The predicted molar refractivity (Wildman–Crippen MR) is 106 cm³/mol. The molecule has 3 aromatic carbocycles. The maximum atomic E-state index is 13.3. The summed E-state index contributed by atoms with van der Waals surface area (Å²) in [7, 11) is 0. The van der Waals surface area contributed by atoms with Crippen LogP contribution in [0.3, 0.4) is 0 Å². The standard InChI is InChI=1S/C22H16FN3O2/c23-17-12-10-16(11-13-17)21-24-19-9-5-4-8-18(19)22(28)26(21)25-20(27)14-15-6-2-1-3-7-15/h1-13H,14H2,(H,25,27). The molecule has 0 spiro atoms. The van der Waals surface area contributed by atoms with Gasteiger partial charge in [-0.25, -0.2) is 9.37 Å². The summed E-state index contributed by atoms with van der Waals surface area (Å²) in [6.45, 7) is 0. The highest BCUT2D eigenvalue weighted by Crippen LogP contribution is 2.18. The summed E-state index contributed by atoms with van der Waals surface area (Å²) in [5.74, 6) is -0.509. The van der Waals surface area contributed by atoms with Gasteiger partial charge in [-0.15, -0.1) is 0 Å². The molecule has 0 aliphatic heterocycles. The van der Waals surface area contributed by atoms with Crippen molar-refractivity contribution in [1.29, 1.82) is 0 Å². The second-order valence-corrected chi connectivity index (χ2v) is 6.30. The number of para-hydroxylation sites is 1. The first kappa shape index (κ1) is 17.6. The molecule has 0 aliphatic carbocycles. The van der Waals surface area contributed by atoms with Crippen LogP contribution in [0.2, 0.25) is 0 Å². The zero-order chi connectivity index (χ0) is 19.5. The Balaban J connectivity index is 1.80. The molecule has 0 atom stereocenters. The van der Waals surface area contributed by atoms with Crippen LogP contribution in [0.4, 0.5) is 4.39 Å². The van der Waals surface area contributed by atoms with Gasteiger partial charge in [0, 0.05) is 5.56 Å². The number of carbonyl (C=O) groups excluding carboxylic acids is 1. The van der Waals surface area contributed by atoms with E-state index in [1.54, 1.807) is 24.3 Å². The highest BCUT2D eigenvalue weighted by Gasteiger charge is 2.15. The summed E-state index contributed by atoms with van der Waals surface area (Å²) in [5.41, 5.74) is 4.09. The monoisotopic (exact) mass is 373 g/mol. The smallest absolute Gasteiger partial charge is 0.273 e. The first-order valence-corrected chi connectivity index (χ1v) is 8.73. The first-order valence-electron chi connectivity index (χ1n) is 8.73. The van der Waals surface area contributed by atoms with Crippen molar-refractivity contribution in [1.82, 2.24) is 9.66 Å². The summed E-state index contributed by atoms with van der Waals surface area (Å²) in [6, 6.07) is 21.7. The van der Waals surface area contributed by atoms with E-state index in [1.807, 2.05) is 30.3 Å². The molecule has 4 rings (SSSR count). The Hall–Kier alpha value is -3.80. The number of hydrogen-bond acceptors (Lipinski definition) is 3. The van der Waals surface area contributed by atoms with E-state index in [9.17, 15) is 14.0 Å². The van der Waals surface area contributed by atoms with Crippen LogP contribution in [0.5, 0.6) is 0 Å². The van der Waals surface area contributed by atoms with Gasteiger partial charge in [0.25, 0.3) is 5.56 Å². The van der Waals surface area contributed by atoms with Gasteiger partial charge in [-0.2, -0.15) is 4.68 Å². The van der Waals surface area contributed by atoms with E-state index in [4.69, 9.17) is 0 Å². The largest absolute Gasteiger partial charge is 0.280 e. The summed E-state index contributed by atoms with van der Waals surface area (Å²) in [5, 5.41) is 0.383. The van der Waals surface area contributed by atoms with E-state index in [0.717, 1.165) is 10.2 Å². The molecule has 0 bridgehead atoms. The van der Waals surface area contributed by atoms with Crippen LogP contribution in [0, 0.1) is 5.82 Å². The van der Waals surface area contributed by atoms with E-state index in [-0.39, 0.29) is 18.2 Å². The third-order valence-electron chi connectivity index (χ3n) is 4.32. The van der Waals surface area contributed by atoms with Crippen molar-refractivity contribution in [2.24, 2.45) is 0 Å². The van der Waals surface area contributed by atoms with Crippen molar-refractivity contribution in [3.8, 4) is 11.4 Å². The fraction of sp³-hybridized carbons (Fsp3) is 0.0455. The molecule has 5 nitrogen and oxygen atoms in total.